The van der Waals surface area contributed by atoms with Gasteiger partial charge in [-0.25, -0.2) is 4.98 Å². The number of aromatic nitrogens is 1. The first-order valence-electron chi connectivity index (χ1n) is 4.45. The van der Waals surface area contributed by atoms with E-state index in [0.717, 1.165) is 0 Å². The van der Waals surface area contributed by atoms with E-state index in [0.29, 0.717) is 19.5 Å². The molecule has 82 valence electrons. The van der Waals surface area contributed by atoms with Crippen LogP contribution in [0.3, 0.4) is 0 Å². The predicted molar refractivity (Wildman–Crippen MR) is 60.3 cm³/mol. The summed E-state index contributed by atoms with van der Waals surface area (Å²) < 4.78 is 0. The third-order valence-electron chi connectivity index (χ3n) is 1.69. The number of hydrogen-bond donors (Lipinski definition) is 2. The number of pyridine rings is 1. The number of nitrogens with two attached hydrogens (primary N) is 1. The zero-order valence-electron chi connectivity index (χ0n) is 7.96. The standard InChI is InChI=1S/C9H11Cl2N3O/c10-6-2-3-7(11)14-8(6)9(15)13-5-1-4-12/h2-3H,1,4-5,12H2,(H,13,15). The van der Waals surface area contributed by atoms with Crippen LogP contribution in [0.1, 0.15) is 16.9 Å². The third kappa shape index (κ3) is 3.66. The molecule has 0 radical (unpaired) electrons. The second-order valence-corrected chi connectivity index (χ2v) is 3.66. The molecule has 0 atom stereocenters. The fourth-order valence-electron chi connectivity index (χ4n) is 0.965. The average Bonchev–Trinajstić information content (AvgIpc) is 2.22. The smallest absolute Gasteiger partial charge is 0.271 e. The van der Waals surface area contributed by atoms with Crippen molar-refractivity contribution >= 4 is 29.1 Å². The lowest BCUT2D eigenvalue weighted by Crippen LogP contribution is -2.27. The highest BCUT2D eigenvalue weighted by Crippen LogP contribution is 2.16. The maximum Gasteiger partial charge on any atom is 0.271 e. The molecule has 0 aromatic carbocycles. The Balaban J connectivity index is 2.68. The quantitative estimate of drug-likeness (QED) is 0.626. The Morgan fingerprint density at radius 2 is 2.20 bits per heavy atom. The van der Waals surface area contributed by atoms with Crippen molar-refractivity contribution in [3.63, 3.8) is 0 Å². The van der Waals surface area contributed by atoms with Gasteiger partial charge in [0.05, 0.1) is 5.02 Å². The Bertz CT molecular complexity index is 357. The summed E-state index contributed by atoms with van der Waals surface area (Å²) in [5, 5.41) is 3.16. The van der Waals surface area contributed by atoms with E-state index in [1.54, 1.807) is 0 Å². The SMILES string of the molecule is NCCCNC(=O)c1nc(Cl)ccc1Cl. The van der Waals surface area contributed by atoms with Crippen LogP contribution in [0, 0.1) is 0 Å². The average molecular weight is 248 g/mol. The number of nitrogens with zero attached hydrogens (tertiary/aromatic N) is 1. The molecule has 0 aliphatic rings. The van der Waals surface area contributed by atoms with Gasteiger partial charge in [0.25, 0.3) is 5.91 Å². The zero-order chi connectivity index (χ0) is 11.3. The van der Waals surface area contributed by atoms with Crippen LogP contribution in [0.2, 0.25) is 10.2 Å². The molecule has 0 fully saturated rings. The summed E-state index contributed by atoms with van der Waals surface area (Å²) >= 11 is 11.4. The van der Waals surface area contributed by atoms with E-state index < -0.39 is 0 Å². The summed E-state index contributed by atoms with van der Waals surface area (Å²) in [6.07, 6.45) is 0.712. The minimum absolute atomic E-state index is 0.140. The maximum absolute atomic E-state index is 11.5. The molecule has 3 N–H and O–H groups in total. The van der Waals surface area contributed by atoms with E-state index >= 15 is 0 Å². The fraction of sp³-hybridized carbons (Fsp3) is 0.333. The molecule has 0 saturated carbocycles. The number of hydrogen-bond acceptors (Lipinski definition) is 3. The summed E-state index contributed by atoms with van der Waals surface area (Å²) in [4.78, 5) is 15.4. The van der Waals surface area contributed by atoms with Crippen molar-refractivity contribution in [2.24, 2.45) is 5.73 Å². The van der Waals surface area contributed by atoms with Gasteiger partial charge in [-0.1, -0.05) is 23.2 Å². The highest BCUT2D eigenvalue weighted by molar-refractivity contribution is 6.34. The van der Waals surface area contributed by atoms with Crippen LogP contribution in [0.4, 0.5) is 0 Å². The van der Waals surface area contributed by atoms with E-state index in [-0.39, 0.29) is 21.8 Å². The molecule has 0 unspecified atom stereocenters. The number of amides is 1. The summed E-state index contributed by atoms with van der Waals surface area (Å²) in [7, 11) is 0. The maximum atomic E-state index is 11.5. The van der Waals surface area contributed by atoms with E-state index in [4.69, 9.17) is 28.9 Å². The molecule has 1 heterocycles. The summed E-state index contributed by atoms with van der Waals surface area (Å²) in [6.45, 7) is 1.02. The molecule has 0 saturated heterocycles. The second-order valence-electron chi connectivity index (χ2n) is 2.86. The third-order valence-corrected chi connectivity index (χ3v) is 2.21. The lowest BCUT2D eigenvalue weighted by Gasteiger charge is -2.05. The Labute approximate surface area is 97.8 Å². The normalized spacial score (nSPS) is 10.1. The molecular formula is C9H11Cl2N3O. The number of rotatable bonds is 4. The van der Waals surface area contributed by atoms with Gasteiger partial charge in [-0.15, -0.1) is 0 Å². The predicted octanol–water partition coefficient (Wildman–Crippen LogP) is 1.47. The van der Waals surface area contributed by atoms with Gasteiger partial charge in [0.2, 0.25) is 0 Å². The first-order chi connectivity index (χ1) is 7.15. The number of halogens is 2. The summed E-state index contributed by atoms with van der Waals surface area (Å²) in [5.74, 6) is -0.337. The van der Waals surface area contributed by atoms with Crippen molar-refractivity contribution in [1.29, 1.82) is 0 Å². The minimum atomic E-state index is -0.337. The lowest BCUT2D eigenvalue weighted by molar-refractivity contribution is 0.0948. The molecule has 1 aromatic rings. The molecular weight excluding hydrogens is 237 g/mol. The van der Waals surface area contributed by atoms with Gasteiger partial charge in [-0.05, 0) is 25.1 Å². The zero-order valence-corrected chi connectivity index (χ0v) is 9.48. The van der Waals surface area contributed by atoms with Gasteiger partial charge in [0.1, 0.15) is 10.8 Å². The van der Waals surface area contributed by atoms with E-state index in [1.165, 1.54) is 12.1 Å². The van der Waals surface area contributed by atoms with Crippen LogP contribution in [-0.4, -0.2) is 24.0 Å². The van der Waals surface area contributed by atoms with Crippen molar-refractivity contribution in [2.75, 3.05) is 13.1 Å². The van der Waals surface area contributed by atoms with Gasteiger partial charge >= 0.3 is 0 Å². The highest BCUT2D eigenvalue weighted by Gasteiger charge is 2.11. The number of nitrogens with one attached hydrogen (secondary N) is 1. The molecule has 1 aromatic heterocycles. The molecule has 1 amide bonds. The van der Waals surface area contributed by atoms with E-state index in [9.17, 15) is 4.79 Å². The molecule has 0 aliphatic carbocycles. The first kappa shape index (κ1) is 12.2. The molecule has 6 heteroatoms. The Morgan fingerprint density at radius 1 is 1.47 bits per heavy atom. The topological polar surface area (TPSA) is 68.0 Å². The van der Waals surface area contributed by atoms with Crippen LogP contribution < -0.4 is 11.1 Å². The molecule has 15 heavy (non-hydrogen) atoms. The molecule has 0 bridgehead atoms. The van der Waals surface area contributed by atoms with E-state index in [2.05, 4.69) is 10.3 Å². The largest absolute Gasteiger partial charge is 0.351 e. The first-order valence-corrected chi connectivity index (χ1v) is 5.21. The molecule has 0 spiro atoms. The monoisotopic (exact) mass is 247 g/mol. The summed E-state index contributed by atoms with van der Waals surface area (Å²) in [6, 6.07) is 3.06. The Kier molecular flexibility index (Phi) is 4.81. The van der Waals surface area contributed by atoms with Crippen LogP contribution in [0.5, 0.6) is 0 Å². The van der Waals surface area contributed by atoms with Gasteiger partial charge in [0.15, 0.2) is 0 Å². The fourth-order valence-corrected chi connectivity index (χ4v) is 1.30. The van der Waals surface area contributed by atoms with Gasteiger partial charge < -0.3 is 11.1 Å². The van der Waals surface area contributed by atoms with Crippen molar-refractivity contribution in [3.05, 3.63) is 28.0 Å². The molecule has 4 nitrogen and oxygen atoms in total. The van der Waals surface area contributed by atoms with Crippen molar-refractivity contribution in [1.82, 2.24) is 10.3 Å². The van der Waals surface area contributed by atoms with Gasteiger partial charge in [-0.2, -0.15) is 0 Å². The van der Waals surface area contributed by atoms with Gasteiger partial charge in [-0.3, -0.25) is 4.79 Å². The van der Waals surface area contributed by atoms with Crippen LogP contribution in [0.25, 0.3) is 0 Å². The Morgan fingerprint density at radius 3 is 2.87 bits per heavy atom. The summed E-state index contributed by atoms with van der Waals surface area (Å²) in [5.41, 5.74) is 5.43. The van der Waals surface area contributed by atoms with Crippen molar-refractivity contribution < 1.29 is 4.79 Å². The number of carbonyl (C=O) groups is 1. The van der Waals surface area contributed by atoms with Crippen LogP contribution in [0.15, 0.2) is 12.1 Å². The van der Waals surface area contributed by atoms with Crippen molar-refractivity contribution in [3.8, 4) is 0 Å². The molecule has 0 aliphatic heterocycles. The second kappa shape index (κ2) is 5.90. The van der Waals surface area contributed by atoms with Crippen LogP contribution >= 0.6 is 23.2 Å². The van der Waals surface area contributed by atoms with E-state index in [1.807, 2.05) is 0 Å². The Hall–Kier alpha value is -0.840. The molecule has 1 rings (SSSR count). The van der Waals surface area contributed by atoms with Crippen molar-refractivity contribution in [2.45, 2.75) is 6.42 Å². The minimum Gasteiger partial charge on any atom is -0.351 e. The number of carbonyl (C=O) groups excluding carboxylic acids is 1. The highest BCUT2D eigenvalue weighted by atomic mass is 35.5. The lowest BCUT2D eigenvalue weighted by atomic mass is 10.3. The van der Waals surface area contributed by atoms with Gasteiger partial charge in [0, 0.05) is 6.54 Å². The van der Waals surface area contributed by atoms with Crippen LogP contribution in [-0.2, 0) is 0 Å².